The van der Waals surface area contributed by atoms with Crippen LogP contribution in [-0.2, 0) is 5.41 Å². The van der Waals surface area contributed by atoms with Crippen LogP contribution in [-0.4, -0.2) is 0 Å². The molecule has 0 aliphatic heterocycles. The maximum Gasteiger partial charge on any atom is 0.0387 e. The maximum atomic E-state index is 3.65. The van der Waals surface area contributed by atoms with E-state index in [9.17, 15) is 0 Å². The lowest BCUT2D eigenvalue weighted by Crippen LogP contribution is -2.15. The summed E-state index contributed by atoms with van der Waals surface area (Å²) in [7, 11) is 0. The van der Waals surface area contributed by atoms with Crippen molar-refractivity contribution < 1.29 is 0 Å². The van der Waals surface area contributed by atoms with E-state index in [1.54, 1.807) is 0 Å². The van der Waals surface area contributed by atoms with E-state index in [1.165, 1.54) is 55.6 Å². The van der Waals surface area contributed by atoms with Gasteiger partial charge in [-0.3, -0.25) is 0 Å². The van der Waals surface area contributed by atoms with E-state index in [0.29, 0.717) is 0 Å². The lowest BCUT2D eigenvalue weighted by atomic mass is 9.82. The van der Waals surface area contributed by atoms with Gasteiger partial charge in [-0.1, -0.05) is 117 Å². The van der Waals surface area contributed by atoms with Crippen molar-refractivity contribution in [1.82, 2.24) is 0 Å². The molecule has 0 heterocycles. The predicted molar refractivity (Wildman–Crippen MR) is 170 cm³/mol. The summed E-state index contributed by atoms with van der Waals surface area (Å²) in [6.45, 7) is 4.65. The van der Waals surface area contributed by atoms with Crippen molar-refractivity contribution in [2.75, 3.05) is 5.32 Å². The molecule has 1 heteroatoms. The standard InChI is InChI=1S/C39H31N/c1-39(2)37-16-10-9-15-35(37)36-22-21-34(26-38(36)39)40-33-19-17-29(18-20-33)32-24-30(27-11-5-3-6-12-27)23-31(25-32)28-13-7-4-8-14-28/h3-26,40H,1-2H3. The second-order valence-electron chi connectivity index (χ2n) is 11.2. The summed E-state index contributed by atoms with van der Waals surface area (Å²) >= 11 is 0. The van der Waals surface area contributed by atoms with Crippen LogP contribution in [0.25, 0.3) is 44.5 Å². The summed E-state index contributed by atoms with van der Waals surface area (Å²) in [5.41, 5.74) is 15.0. The third-order valence-corrected chi connectivity index (χ3v) is 8.24. The zero-order valence-electron chi connectivity index (χ0n) is 22.9. The fraction of sp³-hybridized carbons (Fsp3) is 0.0769. The normalized spacial score (nSPS) is 12.9. The highest BCUT2D eigenvalue weighted by Crippen LogP contribution is 2.49. The Morgan fingerprint density at radius 3 is 1.45 bits per heavy atom. The van der Waals surface area contributed by atoms with Gasteiger partial charge in [0.1, 0.15) is 0 Å². The van der Waals surface area contributed by atoms with Gasteiger partial charge in [0, 0.05) is 16.8 Å². The Labute approximate surface area is 236 Å². The number of rotatable bonds is 5. The predicted octanol–water partition coefficient (Wildman–Crippen LogP) is 10.7. The molecule has 6 aromatic rings. The smallest absolute Gasteiger partial charge is 0.0387 e. The molecule has 7 rings (SSSR count). The summed E-state index contributed by atoms with van der Waals surface area (Å²) in [6.07, 6.45) is 0. The molecule has 40 heavy (non-hydrogen) atoms. The lowest BCUT2D eigenvalue weighted by molar-refractivity contribution is 0.660. The molecular formula is C39H31N. The van der Waals surface area contributed by atoms with E-state index < -0.39 is 0 Å². The fourth-order valence-electron chi connectivity index (χ4n) is 6.08. The van der Waals surface area contributed by atoms with Crippen LogP contribution in [0, 0.1) is 0 Å². The van der Waals surface area contributed by atoms with Gasteiger partial charge in [0.15, 0.2) is 0 Å². The molecule has 0 spiro atoms. The molecule has 0 bridgehead atoms. The van der Waals surface area contributed by atoms with Crippen LogP contribution in [0.1, 0.15) is 25.0 Å². The fourth-order valence-corrected chi connectivity index (χ4v) is 6.08. The van der Waals surface area contributed by atoms with Gasteiger partial charge in [-0.15, -0.1) is 0 Å². The highest BCUT2D eigenvalue weighted by molar-refractivity contribution is 5.84. The number of hydrogen-bond donors (Lipinski definition) is 1. The Hall–Kier alpha value is -4.88. The van der Waals surface area contributed by atoms with Crippen LogP contribution in [0.3, 0.4) is 0 Å². The maximum absolute atomic E-state index is 3.65. The highest BCUT2D eigenvalue weighted by atomic mass is 14.9. The second kappa shape index (κ2) is 9.70. The molecule has 0 saturated heterocycles. The van der Waals surface area contributed by atoms with Gasteiger partial charge in [-0.25, -0.2) is 0 Å². The Kier molecular flexibility index (Phi) is 5.86. The summed E-state index contributed by atoms with van der Waals surface area (Å²) < 4.78 is 0. The average Bonchev–Trinajstić information content (AvgIpc) is 3.24. The second-order valence-corrected chi connectivity index (χ2v) is 11.2. The average molecular weight is 514 g/mol. The molecule has 0 unspecified atom stereocenters. The monoisotopic (exact) mass is 513 g/mol. The lowest BCUT2D eigenvalue weighted by Gasteiger charge is -2.22. The molecular weight excluding hydrogens is 482 g/mol. The molecule has 1 nitrogen and oxygen atoms in total. The van der Waals surface area contributed by atoms with Crippen molar-refractivity contribution in [3.63, 3.8) is 0 Å². The SMILES string of the molecule is CC1(C)c2ccccc2-c2ccc(Nc3ccc(-c4cc(-c5ccccc5)cc(-c5ccccc5)c4)cc3)cc21. The van der Waals surface area contributed by atoms with Gasteiger partial charge in [0.05, 0.1) is 0 Å². The molecule has 0 saturated carbocycles. The minimum Gasteiger partial charge on any atom is -0.356 e. The van der Waals surface area contributed by atoms with Crippen LogP contribution < -0.4 is 5.32 Å². The minimum absolute atomic E-state index is 0.00625. The first-order valence-corrected chi connectivity index (χ1v) is 13.9. The van der Waals surface area contributed by atoms with Crippen molar-refractivity contribution >= 4 is 11.4 Å². The number of benzene rings is 6. The molecule has 1 aliphatic carbocycles. The van der Waals surface area contributed by atoms with E-state index >= 15 is 0 Å². The van der Waals surface area contributed by atoms with E-state index in [-0.39, 0.29) is 5.41 Å². The number of nitrogens with one attached hydrogen (secondary N) is 1. The van der Waals surface area contributed by atoms with Crippen molar-refractivity contribution in [2.45, 2.75) is 19.3 Å². The van der Waals surface area contributed by atoms with Gasteiger partial charge >= 0.3 is 0 Å². The molecule has 0 atom stereocenters. The van der Waals surface area contributed by atoms with Crippen LogP contribution in [0.4, 0.5) is 11.4 Å². The largest absolute Gasteiger partial charge is 0.356 e. The van der Waals surface area contributed by atoms with Crippen LogP contribution in [0.15, 0.2) is 146 Å². The van der Waals surface area contributed by atoms with Gasteiger partial charge in [0.2, 0.25) is 0 Å². The van der Waals surface area contributed by atoms with Crippen LogP contribution in [0.2, 0.25) is 0 Å². The third kappa shape index (κ3) is 4.30. The highest BCUT2D eigenvalue weighted by Gasteiger charge is 2.35. The molecule has 0 fully saturated rings. The van der Waals surface area contributed by atoms with E-state index in [4.69, 9.17) is 0 Å². The number of hydrogen-bond acceptors (Lipinski definition) is 1. The topological polar surface area (TPSA) is 12.0 Å². The van der Waals surface area contributed by atoms with E-state index in [1.807, 2.05) is 0 Å². The van der Waals surface area contributed by atoms with Gasteiger partial charge in [-0.05, 0) is 98.1 Å². The van der Waals surface area contributed by atoms with Crippen molar-refractivity contribution in [1.29, 1.82) is 0 Å². The van der Waals surface area contributed by atoms with Gasteiger partial charge < -0.3 is 5.32 Å². The van der Waals surface area contributed by atoms with Gasteiger partial charge in [-0.2, -0.15) is 0 Å². The molecule has 1 N–H and O–H groups in total. The molecule has 0 aromatic heterocycles. The Bertz CT molecular complexity index is 1760. The minimum atomic E-state index is -0.00625. The Balaban J connectivity index is 1.20. The van der Waals surface area contributed by atoms with Crippen molar-refractivity contribution in [2.24, 2.45) is 0 Å². The van der Waals surface area contributed by atoms with E-state index in [2.05, 4.69) is 165 Å². The molecule has 6 aromatic carbocycles. The van der Waals surface area contributed by atoms with Crippen LogP contribution in [0.5, 0.6) is 0 Å². The summed E-state index contributed by atoms with van der Waals surface area (Å²) in [6, 6.07) is 52.5. The molecule has 0 radical (unpaired) electrons. The molecule has 0 amide bonds. The summed E-state index contributed by atoms with van der Waals surface area (Å²) in [4.78, 5) is 0. The summed E-state index contributed by atoms with van der Waals surface area (Å²) in [5.74, 6) is 0. The van der Waals surface area contributed by atoms with E-state index in [0.717, 1.165) is 11.4 Å². The zero-order chi connectivity index (χ0) is 27.1. The van der Waals surface area contributed by atoms with Crippen molar-refractivity contribution in [3.8, 4) is 44.5 Å². The number of fused-ring (bicyclic) bond motifs is 3. The third-order valence-electron chi connectivity index (χ3n) is 8.24. The van der Waals surface area contributed by atoms with Gasteiger partial charge in [0.25, 0.3) is 0 Å². The quantitative estimate of drug-likeness (QED) is 0.242. The first kappa shape index (κ1) is 24.2. The molecule has 1 aliphatic rings. The first-order valence-electron chi connectivity index (χ1n) is 13.9. The first-order chi connectivity index (χ1) is 19.6. The Morgan fingerprint density at radius 1 is 0.375 bits per heavy atom. The number of anilines is 2. The summed E-state index contributed by atoms with van der Waals surface area (Å²) in [5, 5.41) is 3.65. The van der Waals surface area contributed by atoms with Crippen LogP contribution >= 0.6 is 0 Å². The molecule has 192 valence electrons. The zero-order valence-corrected chi connectivity index (χ0v) is 22.9. The van der Waals surface area contributed by atoms with Crippen molar-refractivity contribution in [3.05, 3.63) is 157 Å². The Morgan fingerprint density at radius 2 is 0.850 bits per heavy atom.